The Labute approximate surface area is 157 Å². The number of nitrogens with one attached hydrogen (secondary N) is 1. The molecule has 2 aromatic carbocycles. The van der Waals surface area contributed by atoms with Crippen LogP contribution in [0.1, 0.15) is 17.5 Å². The van der Waals surface area contributed by atoms with Gasteiger partial charge in [-0.2, -0.15) is 0 Å². The third-order valence-corrected chi connectivity index (χ3v) is 4.51. The third-order valence-electron chi connectivity index (χ3n) is 3.89. The van der Waals surface area contributed by atoms with E-state index in [0.29, 0.717) is 6.61 Å². The number of hydrogen-bond donors (Lipinski definition) is 1. The van der Waals surface area contributed by atoms with Crippen molar-refractivity contribution in [2.75, 3.05) is 6.54 Å². The summed E-state index contributed by atoms with van der Waals surface area (Å²) in [6.45, 7) is 3.39. The molecular formula is C20H22BrN3O. The zero-order chi connectivity index (χ0) is 17.3. The maximum absolute atomic E-state index is 5.89. The van der Waals surface area contributed by atoms with Crippen LogP contribution in [0.15, 0.2) is 71.7 Å². The Morgan fingerprint density at radius 3 is 2.72 bits per heavy atom. The molecule has 5 heteroatoms. The van der Waals surface area contributed by atoms with Crippen molar-refractivity contribution < 1.29 is 4.74 Å². The van der Waals surface area contributed by atoms with E-state index in [1.54, 1.807) is 0 Å². The van der Waals surface area contributed by atoms with Gasteiger partial charge in [-0.15, -0.1) is 0 Å². The lowest BCUT2D eigenvalue weighted by molar-refractivity contribution is 0.304. The molecule has 3 aromatic rings. The Kier molecular flexibility index (Phi) is 6.65. The van der Waals surface area contributed by atoms with Gasteiger partial charge in [0.2, 0.25) is 0 Å². The van der Waals surface area contributed by atoms with Gasteiger partial charge in [0.1, 0.15) is 12.4 Å². The van der Waals surface area contributed by atoms with Gasteiger partial charge in [-0.1, -0.05) is 36.4 Å². The summed E-state index contributed by atoms with van der Waals surface area (Å²) in [7, 11) is 0. The van der Waals surface area contributed by atoms with Gasteiger partial charge in [-0.25, -0.2) is 4.98 Å². The number of aromatic nitrogens is 2. The molecule has 1 N–H and O–H groups in total. The van der Waals surface area contributed by atoms with Gasteiger partial charge in [-0.3, -0.25) is 0 Å². The molecule has 1 aromatic heterocycles. The van der Waals surface area contributed by atoms with Crippen LogP contribution in [-0.4, -0.2) is 16.1 Å². The van der Waals surface area contributed by atoms with Gasteiger partial charge >= 0.3 is 0 Å². The van der Waals surface area contributed by atoms with Gasteiger partial charge in [-0.05, 0) is 52.2 Å². The largest absolute Gasteiger partial charge is 0.488 e. The molecule has 130 valence electrons. The number of aryl methyl sites for hydroxylation is 1. The maximum Gasteiger partial charge on any atom is 0.134 e. The second-order valence-electron chi connectivity index (χ2n) is 5.87. The smallest absolute Gasteiger partial charge is 0.134 e. The van der Waals surface area contributed by atoms with E-state index < -0.39 is 0 Å². The van der Waals surface area contributed by atoms with Crippen LogP contribution in [0.5, 0.6) is 5.75 Å². The molecule has 4 nitrogen and oxygen atoms in total. The van der Waals surface area contributed by atoms with E-state index in [4.69, 9.17) is 4.74 Å². The average Bonchev–Trinajstić information content (AvgIpc) is 3.15. The van der Waals surface area contributed by atoms with Crippen molar-refractivity contribution in [3.63, 3.8) is 0 Å². The molecule has 0 radical (unpaired) electrons. The zero-order valence-electron chi connectivity index (χ0n) is 14.1. The number of rotatable bonds is 9. The molecule has 25 heavy (non-hydrogen) atoms. The molecule has 0 unspecified atom stereocenters. The summed E-state index contributed by atoms with van der Waals surface area (Å²) in [5, 5.41) is 3.47. The lowest BCUT2D eigenvalue weighted by Gasteiger charge is -2.11. The van der Waals surface area contributed by atoms with Crippen LogP contribution in [0.4, 0.5) is 0 Å². The number of hydrogen-bond acceptors (Lipinski definition) is 3. The number of nitrogens with zero attached hydrogens (tertiary/aromatic N) is 2. The summed E-state index contributed by atoms with van der Waals surface area (Å²) >= 11 is 3.61. The first-order valence-corrected chi connectivity index (χ1v) is 9.22. The SMILES string of the molecule is Brc1cc(CNCCCn2ccnc2)ccc1OCc1ccccc1. The van der Waals surface area contributed by atoms with Crippen LogP contribution < -0.4 is 10.1 Å². The number of ether oxygens (including phenoxy) is 1. The van der Waals surface area contributed by atoms with Crippen molar-refractivity contribution in [3.05, 3.63) is 82.9 Å². The van der Waals surface area contributed by atoms with Gasteiger partial charge < -0.3 is 14.6 Å². The number of halogens is 1. The predicted molar refractivity (Wildman–Crippen MR) is 103 cm³/mol. The van der Waals surface area contributed by atoms with Gasteiger partial charge in [0.25, 0.3) is 0 Å². The molecule has 0 aliphatic rings. The number of benzene rings is 2. The quantitative estimate of drug-likeness (QED) is 0.541. The monoisotopic (exact) mass is 399 g/mol. The highest BCUT2D eigenvalue weighted by Crippen LogP contribution is 2.26. The van der Waals surface area contributed by atoms with E-state index in [0.717, 1.165) is 41.8 Å². The highest BCUT2D eigenvalue weighted by atomic mass is 79.9. The number of imidazole rings is 1. The van der Waals surface area contributed by atoms with Gasteiger partial charge in [0.05, 0.1) is 10.8 Å². The van der Waals surface area contributed by atoms with E-state index in [1.807, 2.05) is 43.0 Å². The summed E-state index contributed by atoms with van der Waals surface area (Å²) in [6.07, 6.45) is 6.73. The van der Waals surface area contributed by atoms with Crippen LogP contribution in [0.3, 0.4) is 0 Å². The fourth-order valence-corrected chi connectivity index (χ4v) is 3.09. The minimum Gasteiger partial charge on any atom is -0.488 e. The van der Waals surface area contributed by atoms with Crippen LogP contribution in [0.25, 0.3) is 0 Å². The van der Waals surface area contributed by atoms with Crippen molar-refractivity contribution in [1.29, 1.82) is 0 Å². The Bertz CT molecular complexity index is 760. The fraction of sp³-hybridized carbons (Fsp3) is 0.250. The molecule has 0 aliphatic carbocycles. The van der Waals surface area contributed by atoms with Crippen LogP contribution in [0, 0.1) is 0 Å². The highest BCUT2D eigenvalue weighted by molar-refractivity contribution is 9.10. The molecule has 0 fully saturated rings. The van der Waals surface area contributed by atoms with Crippen molar-refractivity contribution in [2.24, 2.45) is 0 Å². The van der Waals surface area contributed by atoms with Crippen LogP contribution in [0.2, 0.25) is 0 Å². The Morgan fingerprint density at radius 1 is 1.08 bits per heavy atom. The van der Waals surface area contributed by atoms with E-state index in [-0.39, 0.29) is 0 Å². The lowest BCUT2D eigenvalue weighted by Crippen LogP contribution is -2.16. The molecule has 1 heterocycles. The van der Waals surface area contributed by atoms with Crippen molar-refractivity contribution in [3.8, 4) is 5.75 Å². The molecule has 0 saturated heterocycles. The van der Waals surface area contributed by atoms with E-state index in [2.05, 4.69) is 55.1 Å². The van der Waals surface area contributed by atoms with Crippen molar-refractivity contribution >= 4 is 15.9 Å². The first-order valence-electron chi connectivity index (χ1n) is 8.43. The van der Waals surface area contributed by atoms with E-state index >= 15 is 0 Å². The van der Waals surface area contributed by atoms with Crippen LogP contribution in [-0.2, 0) is 19.7 Å². The molecule has 0 atom stereocenters. The highest BCUT2D eigenvalue weighted by Gasteiger charge is 2.03. The molecular weight excluding hydrogens is 378 g/mol. The minimum atomic E-state index is 0.575. The molecule has 0 bridgehead atoms. The molecule has 0 saturated carbocycles. The summed E-state index contributed by atoms with van der Waals surface area (Å²) in [6, 6.07) is 16.4. The second-order valence-corrected chi connectivity index (χ2v) is 6.72. The Balaban J connectivity index is 1.41. The molecule has 0 aliphatic heterocycles. The second kappa shape index (κ2) is 9.39. The summed E-state index contributed by atoms with van der Waals surface area (Å²) < 4.78 is 8.97. The van der Waals surface area contributed by atoms with Crippen LogP contribution >= 0.6 is 15.9 Å². The third kappa shape index (κ3) is 5.73. The minimum absolute atomic E-state index is 0.575. The first-order chi connectivity index (χ1) is 12.3. The summed E-state index contributed by atoms with van der Waals surface area (Å²) in [5.74, 6) is 0.868. The molecule has 0 amide bonds. The van der Waals surface area contributed by atoms with E-state index in [1.165, 1.54) is 5.56 Å². The van der Waals surface area contributed by atoms with E-state index in [9.17, 15) is 0 Å². The predicted octanol–water partition coefficient (Wildman–Crippen LogP) is 4.40. The van der Waals surface area contributed by atoms with Gasteiger partial charge in [0.15, 0.2) is 0 Å². The average molecular weight is 400 g/mol. The molecule has 3 rings (SSSR count). The normalized spacial score (nSPS) is 10.8. The topological polar surface area (TPSA) is 39.1 Å². The summed E-state index contributed by atoms with van der Waals surface area (Å²) in [4.78, 5) is 4.05. The summed E-state index contributed by atoms with van der Waals surface area (Å²) in [5.41, 5.74) is 2.40. The Hall–Kier alpha value is -2.11. The van der Waals surface area contributed by atoms with Crippen molar-refractivity contribution in [2.45, 2.75) is 26.1 Å². The fourth-order valence-electron chi connectivity index (χ4n) is 2.55. The lowest BCUT2D eigenvalue weighted by atomic mass is 10.2. The standard InChI is InChI=1S/C20H22BrN3O/c21-19-13-18(14-22-9-4-11-24-12-10-23-16-24)7-8-20(19)25-15-17-5-2-1-3-6-17/h1-3,5-8,10,12-13,16,22H,4,9,11,14-15H2. The zero-order valence-corrected chi connectivity index (χ0v) is 15.7. The Morgan fingerprint density at radius 2 is 1.96 bits per heavy atom. The maximum atomic E-state index is 5.89. The van der Waals surface area contributed by atoms with Crippen molar-refractivity contribution in [1.82, 2.24) is 14.9 Å². The molecule has 0 spiro atoms. The van der Waals surface area contributed by atoms with Gasteiger partial charge in [0, 0.05) is 25.5 Å². The first kappa shape index (κ1) is 17.7.